The van der Waals surface area contributed by atoms with Crippen molar-refractivity contribution in [2.45, 2.75) is 12.6 Å². The zero-order valence-corrected chi connectivity index (χ0v) is 10.6. The van der Waals surface area contributed by atoms with Crippen LogP contribution in [-0.4, -0.2) is 12.1 Å². The van der Waals surface area contributed by atoms with Crippen LogP contribution in [0.5, 0.6) is 0 Å². The predicted octanol–water partition coefficient (Wildman–Crippen LogP) is 3.90. The molecular weight excluding hydrogens is 286 g/mol. The van der Waals surface area contributed by atoms with Crippen LogP contribution in [0.4, 0.5) is 23.2 Å². The van der Waals surface area contributed by atoms with E-state index in [0.29, 0.717) is 17.5 Å². The van der Waals surface area contributed by atoms with Gasteiger partial charge < -0.3 is 5.32 Å². The first kappa shape index (κ1) is 13.6. The maximum absolute atomic E-state index is 13.7. The van der Waals surface area contributed by atoms with E-state index in [-0.39, 0.29) is 11.5 Å². The van der Waals surface area contributed by atoms with E-state index in [4.69, 9.17) is 0 Å². The Hall–Kier alpha value is -2.37. The maximum Gasteiger partial charge on any atom is 0.471 e. The minimum absolute atomic E-state index is 0.0456. The Labute approximate surface area is 117 Å². The fraction of sp³-hybridized carbons (Fsp3) is 0.133. The molecule has 0 aliphatic heterocycles. The van der Waals surface area contributed by atoms with Crippen molar-refractivity contribution >= 4 is 11.6 Å². The molecule has 21 heavy (non-hydrogen) atoms. The van der Waals surface area contributed by atoms with Crippen LogP contribution in [0.2, 0.25) is 0 Å². The molecule has 0 heterocycles. The van der Waals surface area contributed by atoms with Gasteiger partial charge in [0.05, 0.1) is 0 Å². The minimum Gasteiger partial charge on any atom is -0.318 e. The summed E-state index contributed by atoms with van der Waals surface area (Å²) >= 11 is 0. The molecule has 2 aromatic carbocycles. The number of carbonyl (C=O) groups excluding carboxylic acids is 1. The SMILES string of the molecule is O=C(Nc1ccc2c(c1)Cc1c(F)cccc1-2)C(F)(F)F. The van der Waals surface area contributed by atoms with Gasteiger partial charge in [-0.1, -0.05) is 18.2 Å². The van der Waals surface area contributed by atoms with Gasteiger partial charge in [-0.3, -0.25) is 4.79 Å². The number of rotatable bonds is 1. The van der Waals surface area contributed by atoms with E-state index in [1.165, 1.54) is 18.2 Å². The Balaban J connectivity index is 1.93. The molecular formula is C15H9F4NO. The van der Waals surface area contributed by atoms with E-state index in [1.807, 2.05) is 0 Å². The first-order valence-corrected chi connectivity index (χ1v) is 6.15. The smallest absolute Gasteiger partial charge is 0.318 e. The second-order valence-electron chi connectivity index (χ2n) is 4.77. The molecule has 0 spiro atoms. The van der Waals surface area contributed by atoms with E-state index in [2.05, 4.69) is 0 Å². The third-order valence-electron chi connectivity index (χ3n) is 3.40. The van der Waals surface area contributed by atoms with Gasteiger partial charge in [0.25, 0.3) is 0 Å². The summed E-state index contributed by atoms with van der Waals surface area (Å²) < 4.78 is 50.3. The van der Waals surface area contributed by atoms with Crippen LogP contribution in [0.15, 0.2) is 36.4 Å². The molecule has 0 radical (unpaired) electrons. The summed E-state index contributed by atoms with van der Waals surface area (Å²) in [7, 11) is 0. The average molecular weight is 295 g/mol. The van der Waals surface area contributed by atoms with Gasteiger partial charge in [0.15, 0.2) is 0 Å². The van der Waals surface area contributed by atoms with E-state index in [1.54, 1.807) is 23.5 Å². The van der Waals surface area contributed by atoms with E-state index < -0.39 is 12.1 Å². The van der Waals surface area contributed by atoms with Crippen molar-refractivity contribution in [1.82, 2.24) is 0 Å². The number of hydrogen-bond acceptors (Lipinski definition) is 1. The van der Waals surface area contributed by atoms with Crippen LogP contribution in [0.25, 0.3) is 11.1 Å². The lowest BCUT2D eigenvalue weighted by Crippen LogP contribution is -2.29. The lowest BCUT2D eigenvalue weighted by atomic mass is 10.1. The van der Waals surface area contributed by atoms with Crippen molar-refractivity contribution < 1.29 is 22.4 Å². The molecule has 1 amide bonds. The van der Waals surface area contributed by atoms with Crippen molar-refractivity contribution in [3.8, 4) is 11.1 Å². The maximum atomic E-state index is 13.7. The number of anilines is 1. The van der Waals surface area contributed by atoms with Crippen molar-refractivity contribution in [2.75, 3.05) is 5.32 Å². The van der Waals surface area contributed by atoms with Crippen LogP contribution >= 0.6 is 0 Å². The molecule has 6 heteroatoms. The first-order valence-electron chi connectivity index (χ1n) is 6.15. The van der Waals surface area contributed by atoms with Gasteiger partial charge in [-0.2, -0.15) is 13.2 Å². The highest BCUT2D eigenvalue weighted by molar-refractivity contribution is 5.95. The molecule has 2 aromatic rings. The standard InChI is InChI=1S/C15H9F4NO/c16-13-3-1-2-11-10-5-4-9(6-8(10)7-12(11)13)20-14(21)15(17,18)19/h1-6H,7H2,(H,20,21). The lowest BCUT2D eigenvalue weighted by Gasteiger charge is -2.09. The molecule has 0 saturated carbocycles. The third kappa shape index (κ3) is 2.37. The molecule has 0 atom stereocenters. The van der Waals surface area contributed by atoms with Gasteiger partial charge in [0.1, 0.15) is 5.82 Å². The Morgan fingerprint density at radius 3 is 2.57 bits per heavy atom. The summed E-state index contributed by atoms with van der Waals surface area (Å²) in [6, 6.07) is 9.10. The van der Waals surface area contributed by atoms with Crippen molar-refractivity contribution in [3.63, 3.8) is 0 Å². The monoisotopic (exact) mass is 295 g/mol. The molecule has 108 valence electrons. The van der Waals surface area contributed by atoms with Crippen molar-refractivity contribution in [1.29, 1.82) is 0 Å². The lowest BCUT2D eigenvalue weighted by molar-refractivity contribution is -0.167. The van der Waals surface area contributed by atoms with Crippen molar-refractivity contribution in [2.24, 2.45) is 0 Å². The van der Waals surface area contributed by atoms with Gasteiger partial charge >= 0.3 is 12.1 Å². The van der Waals surface area contributed by atoms with E-state index >= 15 is 0 Å². The van der Waals surface area contributed by atoms with Crippen LogP contribution in [-0.2, 0) is 11.2 Å². The molecule has 2 nitrogen and oxygen atoms in total. The summed E-state index contributed by atoms with van der Waals surface area (Å²) in [5, 5.41) is 1.80. The number of benzene rings is 2. The minimum atomic E-state index is -4.94. The quantitative estimate of drug-likeness (QED) is 0.678. The first-order chi connectivity index (χ1) is 9.86. The summed E-state index contributed by atoms with van der Waals surface area (Å²) in [5.74, 6) is -2.37. The Morgan fingerprint density at radius 1 is 1.10 bits per heavy atom. The van der Waals surface area contributed by atoms with Gasteiger partial charge in [0.2, 0.25) is 0 Å². The molecule has 1 aliphatic carbocycles. The number of nitrogens with one attached hydrogen (secondary N) is 1. The average Bonchev–Trinajstić information content (AvgIpc) is 2.77. The highest BCUT2D eigenvalue weighted by Gasteiger charge is 2.38. The molecule has 0 bridgehead atoms. The van der Waals surface area contributed by atoms with Crippen LogP contribution in [0, 0.1) is 5.82 Å². The number of fused-ring (bicyclic) bond motifs is 3. The summed E-state index contributed by atoms with van der Waals surface area (Å²) in [6.45, 7) is 0. The van der Waals surface area contributed by atoms with Gasteiger partial charge in [-0.25, -0.2) is 4.39 Å². The van der Waals surface area contributed by atoms with E-state index in [0.717, 1.165) is 11.1 Å². The fourth-order valence-corrected chi connectivity index (χ4v) is 2.46. The van der Waals surface area contributed by atoms with Crippen LogP contribution < -0.4 is 5.32 Å². The summed E-state index contributed by atoms with van der Waals surface area (Å²) in [6.07, 6.45) is -4.64. The highest BCUT2D eigenvalue weighted by atomic mass is 19.4. The molecule has 1 N–H and O–H groups in total. The predicted molar refractivity (Wildman–Crippen MR) is 69.3 cm³/mol. The molecule has 3 rings (SSSR count). The van der Waals surface area contributed by atoms with Gasteiger partial charge in [-0.05, 0) is 34.9 Å². The molecule has 0 aromatic heterocycles. The second-order valence-corrected chi connectivity index (χ2v) is 4.77. The molecule has 0 saturated heterocycles. The third-order valence-corrected chi connectivity index (χ3v) is 3.40. The zero-order valence-electron chi connectivity index (χ0n) is 10.6. The summed E-state index contributed by atoms with van der Waals surface area (Å²) in [4.78, 5) is 10.9. The number of alkyl halides is 3. The van der Waals surface area contributed by atoms with Crippen LogP contribution in [0.1, 0.15) is 11.1 Å². The van der Waals surface area contributed by atoms with Gasteiger partial charge in [0, 0.05) is 17.7 Å². The number of hydrogen-bond donors (Lipinski definition) is 1. The Bertz CT molecular complexity index is 737. The Kier molecular flexibility index (Phi) is 2.97. The zero-order chi connectivity index (χ0) is 15.2. The fourth-order valence-electron chi connectivity index (χ4n) is 2.46. The number of carbonyl (C=O) groups is 1. The van der Waals surface area contributed by atoms with Crippen LogP contribution in [0.3, 0.4) is 0 Å². The largest absolute Gasteiger partial charge is 0.471 e. The molecule has 0 unspecified atom stereocenters. The number of halogens is 4. The van der Waals surface area contributed by atoms with E-state index in [9.17, 15) is 22.4 Å². The Morgan fingerprint density at radius 2 is 1.86 bits per heavy atom. The second kappa shape index (κ2) is 4.58. The number of amides is 1. The van der Waals surface area contributed by atoms with Gasteiger partial charge in [-0.15, -0.1) is 0 Å². The normalized spacial score (nSPS) is 12.8. The topological polar surface area (TPSA) is 29.1 Å². The highest BCUT2D eigenvalue weighted by Crippen LogP contribution is 2.39. The van der Waals surface area contributed by atoms with Crippen molar-refractivity contribution in [3.05, 3.63) is 53.3 Å². The molecule has 0 fully saturated rings. The summed E-state index contributed by atoms with van der Waals surface area (Å²) in [5.41, 5.74) is 2.76. The molecule has 1 aliphatic rings.